The number of aromatic nitrogens is 1. The number of likely N-dealkylation sites (tertiary alicyclic amines) is 1. The summed E-state index contributed by atoms with van der Waals surface area (Å²) in [5, 5.41) is 10.5. The number of nitrogens with zero attached hydrogens (tertiary/aromatic N) is 2. The van der Waals surface area contributed by atoms with Gasteiger partial charge in [0, 0.05) is 37.7 Å². The van der Waals surface area contributed by atoms with E-state index in [0.29, 0.717) is 17.5 Å². The Balaban J connectivity index is 1.29. The zero-order valence-corrected chi connectivity index (χ0v) is 14.5. The highest BCUT2D eigenvalue weighted by atomic mass is 16.5. The van der Waals surface area contributed by atoms with Crippen molar-refractivity contribution in [3.8, 4) is 0 Å². The Labute approximate surface area is 143 Å². The van der Waals surface area contributed by atoms with Crippen LogP contribution < -0.4 is 10.6 Å². The first-order valence-electron chi connectivity index (χ1n) is 9.39. The van der Waals surface area contributed by atoms with Crippen molar-refractivity contribution >= 4 is 5.91 Å². The topological polar surface area (TPSA) is 70.4 Å². The average molecular weight is 332 g/mol. The molecule has 2 aliphatic heterocycles. The molecular formula is C18H28N4O2. The molecule has 0 aromatic carbocycles. The van der Waals surface area contributed by atoms with E-state index in [1.54, 1.807) is 0 Å². The van der Waals surface area contributed by atoms with Crippen LogP contribution in [0.1, 0.15) is 54.8 Å². The van der Waals surface area contributed by atoms with Gasteiger partial charge in [-0.3, -0.25) is 4.79 Å². The minimum atomic E-state index is -0.0915. The number of piperidine rings is 1. The zero-order chi connectivity index (χ0) is 16.5. The Morgan fingerprint density at radius 3 is 2.88 bits per heavy atom. The van der Waals surface area contributed by atoms with E-state index in [2.05, 4.69) is 27.6 Å². The molecule has 0 radical (unpaired) electrons. The van der Waals surface area contributed by atoms with Gasteiger partial charge in [-0.25, -0.2) is 0 Å². The number of carbonyl (C=O) groups excluding carboxylic acids is 1. The Morgan fingerprint density at radius 1 is 1.33 bits per heavy atom. The molecule has 3 aliphatic rings. The second-order valence-electron chi connectivity index (χ2n) is 7.86. The minimum absolute atomic E-state index is 0.0915. The van der Waals surface area contributed by atoms with Crippen LogP contribution in [-0.4, -0.2) is 54.7 Å². The van der Waals surface area contributed by atoms with Crippen molar-refractivity contribution in [1.29, 1.82) is 0 Å². The predicted octanol–water partition coefficient (Wildman–Crippen LogP) is 1.60. The molecule has 24 heavy (non-hydrogen) atoms. The van der Waals surface area contributed by atoms with E-state index in [4.69, 9.17) is 4.52 Å². The van der Waals surface area contributed by atoms with Crippen molar-refractivity contribution < 1.29 is 9.32 Å². The standard InChI is InChI=1S/C18H28N4O2/c1-12-9-22(10-13-4-6-19-7-5-13)11-16(12)20-18(23)15-8-17(24-21-15)14-2-3-14/h8,12-14,16,19H,2-7,9-11H2,1H3,(H,20,23)/t12-,16-/m0/s1. The molecule has 0 spiro atoms. The number of hydrogen-bond donors (Lipinski definition) is 2. The number of rotatable bonds is 5. The molecule has 0 bridgehead atoms. The molecule has 6 nitrogen and oxygen atoms in total. The third kappa shape index (κ3) is 3.64. The molecule has 1 saturated carbocycles. The highest BCUT2D eigenvalue weighted by Gasteiger charge is 2.33. The first kappa shape index (κ1) is 16.1. The molecular weight excluding hydrogens is 304 g/mol. The molecule has 6 heteroatoms. The molecule has 3 fully saturated rings. The van der Waals surface area contributed by atoms with E-state index in [1.165, 1.54) is 12.8 Å². The van der Waals surface area contributed by atoms with Crippen LogP contribution in [0.2, 0.25) is 0 Å². The van der Waals surface area contributed by atoms with Crippen LogP contribution in [0.4, 0.5) is 0 Å². The maximum atomic E-state index is 12.4. The minimum Gasteiger partial charge on any atom is -0.360 e. The van der Waals surface area contributed by atoms with Gasteiger partial charge in [0.25, 0.3) is 5.91 Å². The van der Waals surface area contributed by atoms with Gasteiger partial charge in [-0.1, -0.05) is 12.1 Å². The van der Waals surface area contributed by atoms with Gasteiger partial charge >= 0.3 is 0 Å². The second-order valence-corrected chi connectivity index (χ2v) is 7.86. The van der Waals surface area contributed by atoms with Gasteiger partial charge in [0.2, 0.25) is 0 Å². The number of nitrogens with one attached hydrogen (secondary N) is 2. The fraction of sp³-hybridized carbons (Fsp3) is 0.778. The van der Waals surface area contributed by atoms with Crippen LogP contribution in [0.15, 0.2) is 10.6 Å². The monoisotopic (exact) mass is 332 g/mol. The lowest BCUT2D eigenvalue weighted by Gasteiger charge is -2.27. The van der Waals surface area contributed by atoms with Crippen molar-refractivity contribution in [1.82, 2.24) is 20.7 Å². The van der Waals surface area contributed by atoms with Gasteiger partial charge in [-0.15, -0.1) is 0 Å². The molecule has 1 aromatic rings. The molecule has 132 valence electrons. The van der Waals surface area contributed by atoms with Crippen LogP contribution in [-0.2, 0) is 0 Å². The molecule has 2 atom stereocenters. The molecule has 1 aliphatic carbocycles. The van der Waals surface area contributed by atoms with Crippen LogP contribution in [0.5, 0.6) is 0 Å². The fourth-order valence-corrected chi connectivity index (χ4v) is 4.03. The van der Waals surface area contributed by atoms with Gasteiger partial charge in [-0.2, -0.15) is 0 Å². The summed E-state index contributed by atoms with van der Waals surface area (Å²) in [6.45, 7) is 7.69. The predicted molar refractivity (Wildman–Crippen MR) is 90.9 cm³/mol. The summed E-state index contributed by atoms with van der Waals surface area (Å²) < 4.78 is 5.30. The molecule has 3 heterocycles. The van der Waals surface area contributed by atoms with Gasteiger partial charge < -0.3 is 20.1 Å². The maximum Gasteiger partial charge on any atom is 0.273 e. The normalized spacial score (nSPS) is 29.0. The third-order valence-corrected chi connectivity index (χ3v) is 5.72. The molecule has 0 unspecified atom stereocenters. The number of amides is 1. The lowest BCUT2D eigenvalue weighted by molar-refractivity contribution is 0.0921. The van der Waals surface area contributed by atoms with Crippen LogP contribution >= 0.6 is 0 Å². The summed E-state index contributed by atoms with van der Waals surface area (Å²) in [5.74, 6) is 2.54. The van der Waals surface area contributed by atoms with Crippen molar-refractivity contribution in [2.75, 3.05) is 32.7 Å². The maximum absolute atomic E-state index is 12.4. The van der Waals surface area contributed by atoms with Crippen molar-refractivity contribution in [3.05, 3.63) is 17.5 Å². The fourth-order valence-electron chi connectivity index (χ4n) is 4.03. The third-order valence-electron chi connectivity index (χ3n) is 5.72. The highest BCUT2D eigenvalue weighted by Crippen LogP contribution is 2.40. The van der Waals surface area contributed by atoms with Gasteiger partial charge in [-0.05, 0) is 50.6 Å². The molecule has 2 saturated heterocycles. The number of carbonyl (C=O) groups is 1. The van der Waals surface area contributed by atoms with Crippen LogP contribution in [0.25, 0.3) is 0 Å². The van der Waals surface area contributed by atoms with Crippen molar-refractivity contribution in [2.45, 2.75) is 44.6 Å². The van der Waals surface area contributed by atoms with Gasteiger partial charge in [0.1, 0.15) is 5.76 Å². The van der Waals surface area contributed by atoms with Crippen molar-refractivity contribution in [2.24, 2.45) is 11.8 Å². The van der Waals surface area contributed by atoms with E-state index in [9.17, 15) is 4.79 Å². The Kier molecular flexibility index (Phi) is 4.59. The van der Waals surface area contributed by atoms with E-state index in [1.807, 2.05) is 6.07 Å². The Morgan fingerprint density at radius 2 is 2.12 bits per heavy atom. The molecule has 2 N–H and O–H groups in total. The van der Waals surface area contributed by atoms with E-state index < -0.39 is 0 Å². The largest absolute Gasteiger partial charge is 0.360 e. The SMILES string of the molecule is C[C@H]1CN(CC2CCNCC2)C[C@@H]1NC(=O)c1cc(C2CC2)on1. The average Bonchev–Trinajstić information content (AvgIpc) is 3.21. The molecule has 1 amide bonds. The Hall–Kier alpha value is -1.40. The smallest absolute Gasteiger partial charge is 0.273 e. The Bertz CT molecular complexity index is 577. The quantitative estimate of drug-likeness (QED) is 0.857. The summed E-state index contributed by atoms with van der Waals surface area (Å²) >= 11 is 0. The molecule has 1 aromatic heterocycles. The van der Waals surface area contributed by atoms with Crippen LogP contribution in [0, 0.1) is 11.8 Å². The van der Waals surface area contributed by atoms with Gasteiger partial charge in [0.15, 0.2) is 5.69 Å². The summed E-state index contributed by atoms with van der Waals surface area (Å²) in [4.78, 5) is 15.0. The number of hydrogen-bond acceptors (Lipinski definition) is 5. The summed E-state index contributed by atoms with van der Waals surface area (Å²) in [7, 11) is 0. The first-order valence-corrected chi connectivity index (χ1v) is 9.39. The summed E-state index contributed by atoms with van der Waals surface area (Å²) in [6, 6.07) is 2.03. The molecule has 4 rings (SSSR count). The summed E-state index contributed by atoms with van der Waals surface area (Å²) in [5.41, 5.74) is 0.431. The second kappa shape index (κ2) is 6.84. The lowest BCUT2D eigenvalue weighted by atomic mass is 9.98. The van der Waals surface area contributed by atoms with E-state index in [-0.39, 0.29) is 11.9 Å². The summed E-state index contributed by atoms with van der Waals surface area (Å²) in [6.07, 6.45) is 4.85. The first-order chi connectivity index (χ1) is 11.7. The van der Waals surface area contributed by atoms with Gasteiger partial charge in [0.05, 0.1) is 0 Å². The highest BCUT2D eigenvalue weighted by molar-refractivity contribution is 5.92. The van der Waals surface area contributed by atoms with E-state index in [0.717, 1.165) is 57.2 Å². The zero-order valence-electron chi connectivity index (χ0n) is 14.5. The lowest BCUT2D eigenvalue weighted by Crippen LogP contribution is -2.41. The van der Waals surface area contributed by atoms with E-state index >= 15 is 0 Å². The van der Waals surface area contributed by atoms with Crippen LogP contribution in [0.3, 0.4) is 0 Å². The van der Waals surface area contributed by atoms with Crippen molar-refractivity contribution in [3.63, 3.8) is 0 Å².